The molecular formula is C13H20LiNSi2. The Morgan fingerprint density at radius 3 is 2.24 bits per heavy atom. The van der Waals surface area contributed by atoms with Gasteiger partial charge in [0.05, 0.1) is 0 Å². The van der Waals surface area contributed by atoms with Crippen molar-refractivity contribution in [2.24, 2.45) is 0 Å². The van der Waals surface area contributed by atoms with Crippen molar-refractivity contribution in [2.75, 3.05) is 6.54 Å². The Labute approximate surface area is 119 Å². The summed E-state index contributed by atoms with van der Waals surface area (Å²) in [6, 6.07) is 8.97. The van der Waals surface area contributed by atoms with Gasteiger partial charge in [-0.15, -0.1) is 12.6 Å². The number of rotatable bonds is 0. The quantitative estimate of drug-likeness (QED) is 0.554. The van der Waals surface area contributed by atoms with Gasteiger partial charge in [-0.25, -0.2) is 0 Å². The van der Waals surface area contributed by atoms with Crippen LogP contribution in [0.5, 0.6) is 0 Å². The summed E-state index contributed by atoms with van der Waals surface area (Å²) in [5.74, 6) is 0. The van der Waals surface area contributed by atoms with Crippen LogP contribution < -0.4 is 29.2 Å². The Bertz CT molecular complexity index is 427. The predicted octanol–water partition coefficient (Wildman–Crippen LogP) is -0.499. The Morgan fingerprint density at radius 1 is 1.00 bits per heavy atom. The molecule has 0 saturated heterocycles. The summed E-state index contributed by atoms with van der Waals surface area (Å²) in [5.41, 5.74) is 2.43. The molecule has 86 valence electrons. The van der Waals surface area contributed by atoms with Gasteiger partial charge in [0, 0.05) is 0 Å². The van der Waals surface area contributed by atoms with E-state index in [0.717, 1.165) is 6.54 Å². The van der Waals surface area contributed by atoms with E-state index in [1.54, 1.807) is 10.4 Å². The Kier molecular flexibility index (Phi) is 4.67. The number of hydrogen-bond acceptors (Lipinski definition) is 0. The van der Waals surface area contributed by atoms with Gasteiger partial charge in [-0.2, -0.15) is 0 Å². The topological polar surface area (TPSA) is 14.1 Å². The van der Waals surface area contributed by atoms with Crippen LogP contribution in [-0.2, 0) is 0 Å². The van der Waals surface area contributed by atoms with Gasteiger partial charge < -0.3 is 4.98 Å². The molecule has 2 rings (SSSR count). The van der Waals surface area contributed by atoms with Crippen molar-refractivity contribution in [1.82, 2.24) is 0 Å². The summed E-state index contributed by atoms with van der Waals surface area (Å²) in [6.45, 7) is 10.5. The SMILES string of the molecule is C[Si]1(C)/C=C\C[N-][Si](C)(C)c2ccccc21.[Li+]. The average Bonchev–Trinajstić information content (AvgIpc) is 2.24. The monoisotopic (exact) mass is 253 g/mol. The van der Waals surface area contributed by atoms with Crippen molar-refractivity contribution in [2.45, 2.75) is 26.2 Å². The van der Waals surface area contributed by atoms with E-state index in [1.165, 1.54) is 0 Å². The second-order valence-corrected chi connectivity index (χ2v) is 13.9. The first-order valence-corrected chi connectivity index (χ1v) is 11.9. The third kappa shape index (κ3) is 3.04. The average molecular weight is 253 g/mol. The van der Waals surface area contributed by atoms with E-state index >= 15 is 0 Å². The fraction of sp³-hybridized carbons (Fsp3) is 0.385. The van der Waals surface area contributed by atoms with E-state index in [-0.39, 0.29) is 18.9 Å². The molecule has 0 spiro atoms. The molecule has 0 bridgehead atoms. The van der Waals surface area contributed by atoms with Gasteiger partial charge in [0.25, 0.3) is 0 Å². The summed E-state index contributed by atoms with van der Waals surface area (Å²) < 4.78 is 0. The van der Waals surface area contributed by atoms with E-state index in [9.17, 15) is 0 Å². The van der Waals surface area contributed by atoms with Crippen molar-refractivity contribution < 1.29 is 18.9 Å². The van der Waals surface area contributed by atoms with Gasteiger partial charge in [-0.05, 0) is 8.24 Å². The first kappa shape index (κ1) is 15.0. The normalized spacial score (nSPS) is 22.6. The zero-order chi connectivity index (χ0) is 11.8. The predicted molar refractivity (Wildman–Crippen MR) is 78.0 cm³/mol. The molecule has 1 heterocycles. The molecule has 1 aliphatic heterocycles. The molecule has 0 aromatic heterocycles. The summed E-state index contributed by atoms with van der Waals surface area (Å²) in [6.07, 6.45) is 2.27. The fourth-order valence-electron chi connectivity index (χ4n) is 2.38. The minimum atomic E-state index is -1.57. The van der Waals surface area contributed by atoms with E-state index in [1.807, 2.05) is 0 Å². The van der Waals surface area contributed by atoms with Crippen LogP contribution in [0.4, 0.5) is 0 Å². The van der Waals surface area contributed by atoms with Crippen LogP contribution in [0.2, 0.25) is 26.2 Å². The maximum Gasteiger partial charge on any atom is 1.00 e. The van der Waals surface area contributed by atoms with Crippen molar-refractivity contribution in [3.8, 4) is 0 Å². The molecule has 0 amide bonds. The molecular weight excluding hydrogens is 233 g/mol. The van der Waals surface area contributed by atoms with E-state index in [0.29, 0.717) is 0 Å². The van der Waals surface area contributed by atoms with Gasteiger partial charge >= 0.3 is 18.9 Å². The van der Waals surface area contributed by atoms with E-state index in [2.05, 4.69) is 62.2 Å². The standard InChI is InChI=1S/C13H20NSi2.Li/c1-15(2)11-7-10-14-16(3,4)13-9-6-5-8-12(13)15;/h5-9,11H,10H2,1-4H3;/q-1;+1/b11-7-;. The molecule has 0 atom stereocenters. The molecule has 0 N–H and O–H groups in total. The summed E-state index contributed by atoms with van der Waals surface area (Å²) in [5, 5.41) is 3.14. The third-order valence-electron chi connectivity index (χ3n) is 3.41. The van der Waals surface area contributed by atoms with Crippen LogP contribution in [-0.4, -0.2) is 22.9 Å². The molecule has 1 aromatic rings. The zero-order valence-electron chi connectivity index (χ0n) is 11.6. The maximum atomic E-state index is 4.90. The van der Waals surface area contributed by atoms with Crippen molar-refractivity contribution >= 4 is 26.7 Å². The summed E-state index contributed by atoms with van der Waals surface area (Å²) in [4.78, 5) is 4.90. The summed E-state index contributed by atoms with van der Waals surface area (Å²) in [7, 11) is -2.96. The number of fused-ring (bicyclic) bond motifs is 1. The smallest absolute Gasteiger partial charge is 0.658 e. The minimum absolute atomic E-state index is 0. The van der Waals surface area contributed by atoms with Crippen molar-refractivity contribution in [3.63, 3.8) is 0 Å². The number of benzene rings is 1. The van der Waals surface area contributed by atoms with Crippen molar-refractivity contribution in [3.05, 3.63) is 41.0 Å². The molecule has 1 aromatic carbocycles. The first-order valence-electron chi connectivity index (χ1n) is 5.90. The second-order valence-electron chi connectivity index (χ2n) is 5.57. The molecule has 0 saturated carbocycles. The van der Waals surface area contributed by atoms with Crippen LogP contribution in [0, 0.1) is 0 Å². The minimum Gasteiger partial charge on any atom is -0.658 e. The molecule has 17 heavy (non-hydrogen) atoms. The molecule has 0 fully saturated rings. The molecule has 4 heteroatoms. The van der Waals surface area contributed by atoms with E-state index < -0.39 is 16.3 Å². The molecule has 1 aliphatic rings. The largest absolute Gasteiger partial charge is 1.00 e. The van der Waals surface area contributed by atoms with E-state index in [4.69, 9.17) is 4.98 Å². The first-order chi connectivity index (χ1) is 7.43. The second kappa shape index (κ2) is 5.29. The Morgan fingerprint density at radius 2 is 1.59 bits per heavy atom. The third-order valence-corrected chi connectivity index (χ3v) is 9.28. The van der Waals surface area contributed by atoms with Gasteiger partial charge in [-0.3, -0.25) is 0 Å². The summed E-state index contributed by atoms with van der Waals surface area (Å²) >= 11 is 0. The van der Waals surface area contributed by atoms with Crippen LogP contribution in [0.15, 0.2) is 36.0 Å². The molecule has 0 unspecified atom stereocenters. The molecule has 1 nitrogen and oxygen atoms in total. The van der Waals surface area contributed by atoms with Crippen molar-refractivity contribution in [1.29, 1.82) is 0 Å². The van der Waals surface area contributed by atoms with Crippen LogP contribution in [0.1, 0.15) is 0 Å². The van der Waals surface area contributed by atoms with Crippen LogP contribution in [0.3, 0.4) is 0 Å². The van der Waals surface area contributed by atoms with Crippen LogP contribution in [0.25, 0.3) is 4.98 Å². The number of nitrogens with zero attached hydrogens (tertiary/aromatic N) is 1. The number of hydrogen-bond donors (Lipinski definition) is 0. The van der Waals surface area contributed by atoms with Gasteiger partial charge in [-0.1, -0.05) is 66.5 Å². The Balaban J connectivity index is 0.00000144. The Hall–Kier alpha value is -0.0488. The molecule has 0 radical (unpaired) electrons. The van der Waals surface area contributed by atoms with Gasteiger partial charge in [0.15, 0.2) is 0 Å². The maximum absolute atomic E-state index is 4.90. The molecule has 0 aliphatic carbocycles. The fourth-order valence-corrected chi connectivity index (χ4v) is 8.42. The van der Waals surface area contributed by atoms with Gasteiger partial charge in [0.2, 0.25) is 0 Å². The van der Waals surface area contributed by atoms with Gasteiger partial charge in [0.1, 0.15) is 8.07 Å². The zero-order valence-corrected chi connectivity index (χ0v) is 13.6. The van der Waals surface area contributed by atoms with Crippen LogP contribution >= 0.6 is 0 Å².